The second-order valence-electron chi connectivity index (χ2n) is 5.14. The molecule has 0 spiro atoms. The number of morpholine rings is 1. The largest absolute Gasteiger partial charge is 0.372 e. The highest BCUT2D eigenvalue weighted by Gasteiger charge is 2.27. The number of ether oxygens (including phenoxy) is 1. The van der Waals surface area contributed by atoms with Crippen LogP contribution in [-0.4, -0.2) is 36.1 Å². The molecule has 1 saturated heterocycles. The minimum absolute atomic E-state index is 0.0584. The van der Waals surface area contributed by atoms with Crippen molar-refractivity contribution in [3.05, 3.63) is 29.3 Å². The van der Waals surface area contributed by atoms with Crippen molar-refractivity contribution >= 4 is 11.6 Å². The predicted molar refractivity (Wildman–Crippen MR) is 74.9 cm³/mol. The maximum absolute atomic E-state index is 12.5. The topological polar surface area (TPSA) is 67.6 Å². The summed E-state index contributed by atoms with van der Waals surface area (Å²) in [6.45, 7) is 7.18. The van der Waals surface area contributed by atoms with Crippen molar-refractivity contribution < 1.29 is 9.53 Å². The molecular weight excluding hydrogens is 242 g/mol. The van der Waals surface area contributed by atoms with Crippen molar-refractivity contribution in [1.82, 2.24) is 4.90 Å². The number of hydrazine groups is 1. The molecule has 1 heterocycles. The summed E-state index contributed by atoms with van der Waals surface area (Å²) in [5, 5.41) is 0. The van der Waals surface area contributed by atoms with Crippen LogP contribution >= 0.6 is 0 Å². The molecule has 2 unspecified atom stereocenters. The third kappa shape index (κ3) is 3.05. The maximum atomic E-state index is 12.5. The van der Waals surface area contributed by atoms with Crippen molar-refractivity contribution in [1.29, 1.82) is 0 Å². The lowest BCUT2D eigenvalue weighted by molar-refractivity contribution is -0.0586. The van der Waals surface area contributed by atoms with E-state index in [4.69, 9.17) is 10.6 Å². The first-order chi connectivity index (χ1) is 9.01. The molecule has 2 rings (SSSR count). The van der Waals surface area contributed by atoms with Gasteiger partial charge in [0.05, 0.1) is 12.2 Å². The summed E-state index contributed by atoms with van der Waals surface area (Å²) in [6.07, 6.45) is 0.163. The standard InChI is InChI=1S/C14H21N3O2/c1-9-6-12(16-15)4-5-13(9)14(18)17-7-10(2)19-11(3)8-17/h4-6,10-11,16H,7-8,15H2,1-3H3. The minimum atomic E-state index is 0.0584. The summed E-state index contributed by atoms with van der Waals surface area (Å²) in [7, 11) is 0. The van der Waals surface area contributed by atoms with Gasteiger partial charge < -0.3 is 15.1 Å². The molecular formula is C14H21N3O2. The van der Waals surface area contributed by atoms with E-state index in [-0.39, 0.29) is 18.1 Å². The Morgan fingerprint density at radius 2 is 2.00 bits per heavy atom. The van der Waals surface area contributed by atoms with Crippen LogP contribution in [0.3, 0.4) is 0 Å². The Balaban J connectivity index is 2.19. The van der Waals surface area contributed by atoms with Gasteiger partial charge in [-0.05, 0) is 44.5 Å². The minimum Gasteiger partial charge on any atom is -0.372 e. The van der Waals surface area contributed by atoms with Crippen LogP contribution in [0.25, 0.3) is 0 Å². The summed E-state index contributed by atoms with van der Waals surface area (Å²) in [4.78, 5) is 14.4. The number of carbonyl (C=O) groups excluding carboxylic acids is 1. The number of nitrogens with two attached hydrogens (primary N) is 1. The third-order valence-corrected chi connectivity index (χ3v) is 3.33. The molecule has 1 aromatic carbocycles. The fourth-order valence-electron chi connectivity index (χ4n) is 2.51. The molecule has 1 aliphatic rings. The molecule has 5 nitrogen and oxygen atoms in total. The van der Waals surface area contributed by atoms with E-state index in [2.05, 4.69) is 5.43 Å². The molecule has 0 aliphatic carbocycles. The van der Waals surface area contributed by atoms with Gasteiger partial charge in [0.2, 0.25) is 0 Å². The van der Waals surface area contributed by atoms with Gasteiger partial charge >= 0.3 is 0 Å². The SMILES string of the molecule is Cc1cc(NN)ccc1C(=O)N1CC(C)OC(C)C1. The van der Waals surface area contributed by atoms with E-state index < -0.39 is 0 Å². The van der Waals surface area contributed by atoms with Crippen LogP contribution in [-0.2, 0) is 4.74 Å². The molecule has 5 heteroatoms. The third-order valence-electron chi connectivity index (χ3n) is 3.33. The van der Waals surface area contributed by atoms with Gasteiger partial charge in [-0.15, -0.1) is 0 Å². The summed E-state index contributed by atoms with van der Waals surface area (Å²) in [6, 6.07) is 5.51. The number of hydrogen-bond acceptors (Lipinski definition) is 4. The molecule has 2 atom stereocenters. The second-order valence-corrected chi connectivity index (χ2v) is 5.14. The monoisotopic (exact) mass is 263 g/mol. The van der Waals surface area contributed by atoms with Crippen molar-refractivity contribution in [3.8, 4) is 0 Å². The maximum Gasteiger partial charge on any atom is 0.254 e. The number of aryl methyl sites for hydroxylation is 1. The van der Waals surface area contributed by atoms with Gasteiger partial charge in [-0.3, -0.25) is 10.6 Å². The van der Waals surface area contributed by atoms with E-state index in [1.165, 1.54) is 0 Å². The van der Waals surface area contributed by atoms with Gasteiger partial charge in [-0.2, -0.15) is 0 Å². The average molecular weight is 263 g/mol. The van der Waals surface area contributed by atoms with Crippen LogP contribution in [0.15, 0.2) is 18.2 Å². The van der Waals surface area contributed by atoms with Crippen LogP contribution in [0, 0.1) is 6.92 Å². The number of rotatable bonds is 2. The quantitative estimate of drug-likeness (QED) is 0.627. The summed E-state index contributed by atoms with van der Waals surface area (Å²) in [5.41, 5.74) is 5.03. The van der Waals surface area contributed by atoms with Crippen LogP contribution in [0.1, 0.15) is 29.8 Å². The smallest absolute Gasteiger partial charge is 0.254 e. The lowest BCUT2D eigenvalue weighted by Gasteiger charge is -2.35. The van der Waals surface area contributed by atoms with Gasteiger partial charge in [0, 0.05) is 24.3 Å². The van der Waals surface area contributed by atoms with Gasteiger partial charge in [0.25, 0.3) is 5.91 Å². The molecule has 0 aromatic heterocycles. The number of amides is 1. The Labute approximate surface area is 113 Å². The zero-order chi connectivity index (χ0) is 14.0. The van der Waals surface area contributed by atoms with Crippen molar-refractivity contribution in [2.45, 2.75) is 33.0 Å². The van der Waals surface area contributed by atoms with Crippen LogP contribution < -0.4 is 11.3 Å². The van der Waals surface area contributed by atoms with Gasteiger partial charge in [-0.25, -0.2) is 0 Å². The Hall–Kier alpha value is -1.59. The van der Waals surface area contributed by atoms with Crippen molar-refractivity contribution in [3.63, 3.8) is 0 Å². The highest BCUT2D eigenvalue weighted by atomic mass is 16.5. The Bertz CT molecular complexity index is 466. The fraction of sp³-hybridized carbons (Fsp3) is 0.500. The number of nitrogen functional groups attached to an aromatic ring is 1. The van der Waals surface area contributed by atoms with E-state index in [0.717, 1.165) is 16.8 Å². The molecule has 0 radical (unpaired) electrons. The number of carbonyl (C=O) groups is 1. The first-order valence-corrected chi connectivity index (χ1v) is 6.53. The summed E-state index contributed by atoms with van der Waals surface area (Å²) < 4.78 is 5.65. The number of benzene rings is 1. The predicted octanol–water partition coefficient (Wildman–Crippen LogP) is 1.53. The lowest BCUT2D eigenvalue weighted by Crippen LogP contribution is -2.48. The number of nitrogens with one attached hydrogen (secondary N) is 1. The Kier molecular flexibility index (Phi) is 4.07. The van der Waals surface area contributed by atoms with E-state index in [0.29, 0.717) is 13.1 Å². The van der Waals surface area contributed by atoms with Crippen LogP contribution in [0.5, 0.6) is 0 Å². The fourth-order valence-corrected chi connectivity index (χ4v) is 2.51. The van der Waals surface area contributed by atoms with Gasteiger partial charge in [0.1, 0.15) is 0 Å². The zero-order valence-electron chi connectivity index (χ0n) is 11.6. The normalized spacial score (nSPS) is 23.3. The number of hydrogen-bond donors (Lipinski definition) is 2. The molecule has 3 N–H and O–H groups in total. The molecule has 0 bridgehead atoms. The Morgan fingerprint density at radius 3 is 2.53 bits per heavy atom. The van der Waals surface area contributed by atoms with Crippen molar-refractivity contribution in [2.24, 2.45) is 5.84 Å². The van der Waals surface area contributed by atoms with E-state index >= 15 is 0 Å². The average Bonchev–Trinajstić information content (AvgIpc) is 2.36. The highest BCUT2D eigenvalue weighted by Crippen LogP contribution is 2.19. The zero-order valence-corrected chi connectivity index (χ0v) is 11.6. The van der Waals surface area contributed by atoms with Gasteiger partial charge in [-0.1, -0.05) is 0 Å². The van der Waals surface area contributed by atoms with E-state index in [1.54, 1.807) is 0 Å². The molecule has 1 aliphatic heterocycles. The first-order valence-electron chi connectivity index (χ1n) is 6.53. The highest BCUT2D eigenvalue weighted by molar-refractivity contribution is 5.96. The van der Waals surface area contributed by atoms with E-state index in [1.807, 2.05) is 43.9 Å². The molecule has 0 saturated carbocycles. The first kappa shape index (κ1) is 13.8. The van der Waals surface area contributed by atoms with Crippen LogP contribution in [0.4, 0.5) is 5.69 Å². The van der Waals surface area contributed by atoms with E-state index in [9.17, 15) is 4.79 Å². The molecule has 1 aromatic rings. The van der Waals surface area contributed by atoms with Crippen molar-refractivity contribution in [2.75, 3.05) is 18.5 Å². The molecule has 1 fully saturated rings. The molecule has 104 valence electrons. The molecule has 19 heavy (non-hydrogen) atoms. The van der Waals surface area contributed by atoms with Gasteiger partial charge in [0.15, 0.2) is 0 Å². The summed E-state index contributed by atoms with van der Waals surface area (Å²) >= 11 is 0. The Morgan fingerprint density at radius 1 is 1.37 bits per heavy atom. The van der Waals surface area contributed by atoms with Crippen LogP contribution in [0.2, 0.25) is 0 Å². The lowest BCUT2D eigenvalue weighted by atomic mass is 10.1. The number of nitrogens with zero attached hydrogens (tertiary/aromatic N) is 1. The second kappa shape index (κ2) is 5.59. The number of anilines is 1. The molecule has 1 amide bonds. The summed E-state index contributed by atoms with van der Waals surface area (Å²) in [5.74, 6) is 5.42.